The number of benzene rings is 1. The monoisotopic (exact) mass is 480 g/mol. The molecule has 0 spiro atoms. The van der Waals surface area contributed by atoms with Crippen LogP contribution in [0.25, 0.3) is 10.1 Å². The molecule has 1 aromatic carbocycles. The van der Waals surface area contributed by atoms with E-state index >= 15 is 0 Å². The number of piperazine rings is 1. The molecule has 1 fully saturated rings. The zero-order chi connectivity index (χ0) is 23.0. The fourth-order valence-electron chi connectivity index (χ4n) is 3.19. The normalized spacial score (nSPS) is 16.1. The van der Waals surface area contributed by atoms with Crippen molar-refractivity contribution in [2.75, 3.05) is 36.8 Å². The van der Waals surface area contributed by atoms with E-state index in [1.807, 2.05) is 6.92 Å². The van der Waals surface area contributed by atoms with E-state index < -0.39 is 43.3 Å². The molecule has 0 saturated carbocycles. The molecule has 2 heterocycles. The molecule has 1 aliphatic rings. The highest BCUT2D eigenvalue weighted by atomic mass is 32.2. The van der Waals surface area contributed by atoms with Crippen LogP contribution in [0.15, 0.2) is 16.9 Å². The molecule has 0 aliphatic carbocycles. The van der Waals surface area contributed by atoms with Crippen molar-refractivity contribution in [1.29, 1.82) is 0 Å². The number of rotatable bonds is 6. The summed E-state index contributed by atoms with van der Waals surface area (Å²) in [7, 11) is -3.40. The van der Waals surface area contributed by atoms with Crippen LogP contribution in [0.4, 0.5) is 24.0 Å². The van der Waals surface area contributed by atoms with E-state index in [1.165, 1.54) is 4.31 Å². The molecule has 1 aliphatic heterocycles. The van der Waals surface area contributed by atoms with Gasteiger partial charge < -0.3 is 4.90 Å². The van der Waals surface area contributed by atoms with Gasteiger partial charge in [0.2, 0.25) is 10.0 Å². The Morgan fingerprint density at radius 2 is 1.87 bits per heavy atom. The van der Waals surface area contributed by atoms with Crippen molar-refractivity contribution in [3.63, 3.8) is 0 Å². The quantitative estimate of drug-likeness (QED) is 0.461. The highest BCUT2D eigenvalue weighted by Crippen LogP contribution is 2.38. The first-order chi connectivity index (χ1) is 14.4. The number of nitro benzene ring substituents is 1. The second-order valence-electron chi connectivity index (χ2n) is 6.98. The number of hydrogen-bond acceptors (Lipinski definition) is 8. The third-order valence-corrected chi connectivity index (χ3v) is 7.99. The summed E-state index contributed by atoms with van der Waals surface area (Å²) in [5.41, 5.74) is -3.12. The molecule has 0 atom stereocenters. The first kappa shape index (κ1) is 23.3. The van der Waals surface area contributed by atoms with Crippen molar-refractivity contribution in [1.82, 2.24) is 9.29 Å². The fourth-order valence-corrected chi connectivity index (χ4v) is 5.94. The highest BCUT2D eigenvalue weighted by molar-refractivity contribution is 7.89. The molecule has 0 amide bonds. The van der Waals surface area contributed by atoms with E-state index in [0.29, 0.717) is 18.6 Å². The van der Waals surface area contributed by atoms with Crippen LogP contribution < -0.4 is 10.5 Å². The first-order valence-corrected chi connectivity index (χ1v) is 11.8. The van der Waals surface area contributed by atoms with Gasteiger partial charge in [-0.05, 0) is 12.5 Å². The van der Waals surface area contributed by atoms with Gasteiger partial charge in [-0.2, -0.15) is 22.5 Å². The van der Waals surface area contributed by atoms with E-state index in [9.17, 15) is 36.5 Å². The standard InChI is InChI=1S/C17H19F3N4O5S2/c1-2-3-8-31(28,29)23-6-4-22(5-7-23)16-21-15(25)12-9-11(17(18,19)20)10-13(24(26)27)14(12)30-16/h9-10H,2-8H2,1H3. The number of nitrogens with zero attached hydrogens (tertiary/aromatic N) is 4. The van der Waals surface area contributed by atoms with Crippen LogP contribution in [0.2, 0.25) is 0 Å². The molecule has 0 radical (unpaired) electrons. The first-order valence-electron chi connectivity index (χ1n) is 9.37. The Morgan fingerprint density at radius 3 is 2.42 bits per heavy atom. The summed E-state index contributed by atoms with van der Waals surface area (Å²) in [6.07, 6.45) is -3.57. The number of hydrogen-bond donors (Lipinski definition) is 0. The summed E-state index contributed by atoms with van der Waals surface area (Å²) in [5.74, 6) is 0.0405. The second kappa shape index (κ2) is 8.67. The van der Waals surface area contributed by atoms with Gasteiger partial charge in [0.1, 0.15) is 4.70 Å². The van der Waals surface area contributed by atoms with E-state index in [2.05, 4.69) is 4.98 Å². The van der Waals surface area contributed by atoms with Crippen molar-refractivity contribution in [3.05, 3.63) is 38.2 Å². The molecule has 31 heavy (non-hydrogen) atoms. The third-order valence-electron chi connectivity index (χ3n) is 4.87. The van der Waals surface area contributed by atoms with E-state index in [0.717, 1.165) is 17.8 Å². The van der Waals surface area contributed by atoms with Crippen molar-refractivity contribution < 1.29 is 26.5 Å². The number of halogens is 3. The lowest BCUT2D eigenvalue weighted by Crippen LogP contribution is -2.49. The van der Waals surface area contributed by atoms with Gasteiger partial charge in [-0.1, -0.05) is 24.7 Å². The maximum Gasteiger partial charge on any atom is 0.416 e. The molecule has 1 saturated heterocycles. The Morgan fingerprint density at radius 1 is 1.23 bits per heavy atom. The summed E-state index contributed by atoms with van der Waals surface area (Å²) < 4.78 is 65.0. The van der Waals surface area contributed by atoms with Crippen LogP contribution in [0, 0.1) is 10.1 Å². The summed E-state index contributed by atoms with van der Waals surface area (Å²) in [6.45, 7) is 2.60. The molecule has 0 N–H and O–H groups in total. The zero-order valence-electron chi connectivity index (χ0n) is 16.4. The minimum Gasteiger partial charge on any atom is -0.345 e. The lowest BCUT2D eigenvalue weighted by Gasteiger charge is -2.34. The van der Waals surface area contributed by atoms with Crippen LogP contribution in [-0.4, -0.2) is 54.6 Å². The van der Waals surface area contributed by atoms with Gasteiger partial charge in [-0.15, -0.1) is 0 Å². The van der Waals surface area contributed by atoms with Crippen molar-refractivity contribution in [2.24, 2.45) is 0 Å². The number of anilines is 1. The average molecular weight is 480 g/mol. The van der Waals surface area contributed by atoms with Crippen molar-refractivity contribution in [3.8, 4) is 0 Å². The Kier molecular flexibility index (Phi) is 6.53. The molecule has 170 valence electrons. The summed E-state index contributed by atoms with van der Waals surface area (Å²) >= 11 is 0.742. The number of unbranched alkanes of at least 4 members (excludes halogenated alkanes) is 1. The predicted molar refractivity (Wildman–Crippen MR) is 110 cm³/mol. The molecular formula is C17H19F3N4O5S2. The van der Waals surface area contributed by atoms with Gasteiger partial charge in [-0.3, -0.25) is 14.9 Å². The smallest absolute Gasteiger partial charge is 0.345 e. The SMILES string of the molecule is CCCCS(=O)(=O)N1CCN(c2nc(=O)c3cc(C(F)(F)F)cc([N+](=O)[O-])c3s2)CC1. The lowest BCUT2D eigenvalue weighted by molar-refractivity contribution is -0.383. The van der Waals surface area contributed by atoms with Crippen LogP contribution in [0.3, 0.4) is 0 Å². The highest BCUT2D eigenvalue weighted by Gasteiger charge is 2.35. The molecule has 9 nitrogen and oxygen atoms in total. The number of aromatic nitrogens is 1. The van der Waals surface area contributed by atoms with Crippen LogP contribution in [-0.2, 0) is 16.2 Å². The Labute approximate surface area is 179 Å². The number of non-ortho nitro benzene ring substituents is 1. The molecule has 1 aromatic heterocycles. The number of nitro groups is 1. The van der Waals surface area contributed by atoms with Crippen molar-refractivity contribution >= 4 is 42.3 Å². The number of sulfonamides is 1. The van der Waals surface area contributed by atoms with Crippen LogP contribution >= 0.6 is 11.3 Å². The number of fused-ring (bicyclic) bond motifs is 1. The Hall–Kier alpha value is -2.32. The molecule has 0 unspecified atom stereocenters. The van der Waals surface area contributed by atoms with E-state index in [1.54, 1.807) is 4.90 Å². The summed E-state index contributed by atoms with van der Waals surface area (Å²) in [4.78, 5) is 28.2. The topological polar surface area (TPSA) is 114 Å². The second-order valence-corrected chi connectivity index (χ2v) is 10.1. The van der Waals surface area contributed by atoms with E-state index in [-0.39, 0.29) is 41.8 Å². The van der Waals surface area contributed by atoms with Crippen molar-refractivity contribution in [2.45, 2.75) is 25.9 Å². The van der Waals surface area contributed by atoms with Gasteiger partial charge in [0, 0.05) is 32.2 Å². The van der Waals surface area contributed by atoms with Gasteiger partial charge in [0.05, 0.1) is 21.6 Å². The van der Waals surface area contributed by atoms with Gasteiger partial charge in [0.25, 0.3) is 11.2 Å². The summed E-state index contributed by atoms with van der Waals surface area (Å²) in [6, 6.07) is 0.969. The van der Waals surface area contributed by atoms with Crippen LogP contribution in [0.1, 0.15) is 25.3 Å². The third kappa shape index (κ3) is 4.96. The predicted octanol–water partition coefficient (Wildman–Crippen LogP) is 2.84. The minimum absolute atomic E-state index is 0.0405. The fraction of sp³-hybridized carbons (Fsp3) is 0.529. The summed E-state index contributed by atoms with van der Waals surface area (Å²) in [5, 5.41) is 11.0. The largest absolute Gasteiger partial charge is 0.416 e. The lowest BCUT2D eigenvalue weighted by atomic mass is 10.1. The molecule has 2 aromatic rings. The maximum atomic E-state index is 13.1. The van der Waals surface area contributed by atoms with Gasteiger partial charge in [0.15, 0.2) is 5.13 Å². The Balaban J connectivity index is 1.94. The van der Waals surface area contributed by atoms with Crippen LogP contribution in [0.5, 0.6) is 0 Å². The molecule has 3 rings (SSSR count). The average Bonchev–Trinajstić information content (AvgIpc) is 2.70. The minimum atomic E-state index is -4.85. The Bertz CT molecular complexity index is 1160. The van der Waals surface area contributed by atoms with Gasteiger partial charge >= 0.3 is 6.18 Å². The van der Waals surface area contributed by atoms with E-state index in [4.69, 9.17) is 0 Å². The molecular weight excluding hydrogens is 461 g/mol. The molecule has 14 heteroatoms. The number of alkyl halides is 3. The maximum absolute atomic E-state index is 13.1. The molecule has 0 bridgehead atoms. The van der Waals surface area contributed by atoms with Gasteiger partial charge in [-0.25, -0.2) is 8.42 Å². The zero-order valence-corrected chi connectivity index (χ0v) is 18.0.